The first-order valence-corrected chi connectivity index (χ1v) is 26.0. The van der Waals surface area contributed by atoms with Gasteiger partial charge in [-0.1, -0.05) is 50.2 Å². The van der Waals surface area contributed by atoms with Gasteiger partial charge in [-0.2, -0.15) is 0 Å². The van der Waals surface area contributed by atoms with E-state index in [9.17, 15) is 42.8 Å². The van der Waals surface area contributed by atoms with Crippen LogP contribution >= 0.6 is 0 Å². The number of cyclic esters (lactones) is 1. The predicted octanol–water partition coefficient (Wildman–Crippen LogP) is 3.13. The van der Waals surface area contributed by atoms with Crippen LogP contribution in [0.5, 0.6) is 0 Å². The molecule has 0 aliphatic carbocycles. The zero-order valence-corrected chi connectivity index (χ0v) is 42.8. The largest absolute Gasteiger partial charge is 0.459 e. The summed E-state index contributed by atoms with van der Waals surface area (Å²) in [6, 6.07) is 3.91. The topological polar surface area (TPSA) is 254 Å². The Morgan fingerprint density at radius 3 is 2.38 bits per heavy atom. The Labute approximate surface area is 406 Å². The van der Waals surface area contributed by atoms with Gasteiger partial charge in [0.2, 0.25) is 0 Å². The number of aliphatic hydroxyl groups excluding tert-OH is 3. The lowest BCUT2D eigenvalue weighted by molar-refractivity contribution is -0.295. The maximum atomic E-state index is 14.5. The number of likely N-dealkylation sites (N-methyl/N-ethyl adjacent to an activating group) is 1. The van der Waals surface area contributed by atoms with E-state index >= 15 is 0 Å². The summed E-state index contributed by atoms with van der Waals surface area (Å²) in [5, 5.41) is 63.2. The van der Waals surface area contributed by atoms with Gasteiger partial charge in [-0.05, 0) is 91.1 Å². The number of carbonyl (C=O) groups is 2. The Balaban J connectivity index is 1.39. The van der Waals surface area contributed by atoms with Crippen LogP contribution in [-0.2, 0) is 49.6 Å². The standard InChI is InChI=1S/C48H77FN6O13S/c1-12-38-48(8,61)43(59)29(4)39(52-68-34-14-13-20-50-25-34)27(2)23-47(7,64-10)44(30(5)40(56)31(6)45(60)66-38)67-46-42(58)36(22-28(3)65-46)54(9)21-19-33-26-55(53-51-33)37(24-49)41(57)32-15-17-35(18-16-32)69(11,62)63/h15-18,26-31,34,36-38,41-44,46,50,57-59,61H,12-14,19-25H2,1-11H3/b52-39+/t27-,28-,29+,30+,31-,34-,36+,37-,38-,41-,42-,43-,44-,46+,47-,48-/m1/s1. The molecule has 0 radical (unpaired) electrons. The minimum Gasteiger partial charge on any atom is -0.459 e. The monoisotopic (exact) mass is 997 g/mol. The van der Waals surface area contributed by atoms with Crippen molar-refractivity contribution in [3.05, 3.63) is 41.7 Å². The van der Waals surface area contributed by atoms with Crippen molar-refractivity contribution in [3.8, 4) is 0 Å². The van der Waals surface area contributed by atoms with Crippen molar-refractivity contribution >= 4 is 27.3 Å². The van der Waals surface area contributed by atoms with Gasteiger partial charge in [0.1, 0.15) is 48.7 Å². The number of rotatable bonds is 15. The van der Waals surface area contributed by atoms with Gasteiger partial charge in [0.25, 0.3) is 0 Å². The average Bonchev–Trinajstić information content (AvgIpc) is 3.79. The molecule has 3 aliphatic heterocycles. The number of piperidine rings is 1. The van der Waals surface area contributed by atoms with Gasteiger partial charge in [-0.15, -0.1) is 5.10 Å². The van der Waals surface area contributed by atoms with E-state index in [0.29, 0.717) is 42.9 Å². The maximum Gasteiger partial charge on any atom is 0.316 e. The number of aliphatic hydroxyl groups is 4. The third-order valence-corrected chi connectivity index (χ3v) is 15.7. The van der Waals surface area contributed by atoms with Gasteiger partial charge in [0, 0.05) is 62.9 Å². The summed E-state index contributed by atoms with van der Waals surface area (Å²) in [7, 11) is -0.155. The van der Waals surface area contributed by atoms with E-state index in [-0.39, 0.29) is 23.8 Å². The Morgan fingerprint density at radius 1 is 1.10 bits per heavy atom. The molecule has 3 aliphatic rings. The van der Waals surface area contributed by atoms with Gasteiger partial charge in [0.05, 0.1) is 40.2 Å². The number of ether oxygens (including phenoxy) is 4. The number of benzene rings is 1. The molecule has 2 aromatic rings. The fraction of sp³-hybridized carbons (Fsp3) is 0.771. The zero-order chi connectivity index (χ0) is 51.2. The van der Waals surface area contributed by atoms with E-state index in [0.717, 1.165) is 25.6 Å². The molecule has 3 saturated heterocycles. The van der Waals surface area contributed by atoms with Crippen molar-refractivity contribution in [1.82, 2.24) is 25.2 Å². The number of aromatic nitrogens is 3. The number of nitrogens with zero attached hydrogens (tertiary/aromatic N) is 5. The molecule has 0 bridgehead atoms. The molecule has 390 valence electrons. The van der Waals surface area contributed by atoms with Crippen molar-refractivity contribution in [2.75, 3.05) is 46.7 Å². The minimum atomic E-state index is -3.47. The molecule has 1 aromatic heterocycles. The van der Waals surface area contributed by atoms with Crippen molar-refractivity contribution in [2.24, 2.45) is 28.8 Å². The van der Waals surface area contributed by atoms with Crippen LogP contribution in [0.15, 0.2) is 40.5 Å². The number of hydrogen-bond acceptors (Lipinski definition) is 18. The first-order valence-electron chi connectivity index (χ1n) is 24.2. The van der Waals surface area contributed by atoms with Crippen LogP contribution in [0.3, 0.4) is 0 Å². The summed E-state index contributed by atoms with van der Waals surface area (Å²) in [5.41, 5.74) is -2.05. The van der Waals surface area contributed by atoms with Gasteiger partial charge in [0.15, 0.2) is 21.9 Å². The molecule has 3 fully saturated rings. The van der Waals surface area contributed by atoms with E-state index in [1.165, 1.54) is 56.1 Å². The van der Waals surface area contributed by atoms with Crippen LogP contribution in [0.1, 0.15) is 111 Å². The summed E-state index contributed by atoms with van der Waals surface area (Å²) < 4.78 is 64.7. The molecule has 5 rings (SSSR count). The molecule has 0 spiro atoms. The van der Waals surface area contributed by atoms with Crippen LogP contribution in [0.2, 0.25) is 0 Å². The highest BCUT2D eigenvalue weighted by Crippen LogP contribution is 2.39. The Hall–Kier alpha value is -3.51. The Morgan fingerprint density at radius 2 is 1.78 bits per heavy atom. The number of halogens is 1. The fourth-order valence-corrected chi connectivity index (χ4v) is 10.7. The molecule has 0 saturated carbocycles. The van der Waals surface area contributed by atoms with Gasteiger partial charge >= 0.3 is 5.97 Å². The van der Waals surface area contributed by atoms with E-state index in [1.54, 1.807) is 27.7 Å². The molecule has 0 amide bonds. The maximum absolute atomic E-state index is 14.5. The summed E-state index contributed by atoms with van der Waals surface area (Å²) in [6.07, 6.45) is -3.03. The number of hydrogen-bond donors (Lipinski definition) is 5. The second-order valence-electron chi connectivity index (χ2n) is 20.0. The lowest BCUT2D eigenvalue weighted by Gasteiger charge is -2.47. The summed E-state index contributed by atoms with van der Waals surface area (Å²) >= 11 is 0. The molecule has 1 aromatic carbocycles. The normalized spacial score (nSPS) is 36.2. The predicted molar refractivity (Wildman–Crippen MR) is 252 cm³/mol. The third-order valence-electron chi connectivity index (χ3n) is 14.6. The zero-order valence-electron chi connectivity index (χ0n) is 42.0. The molecule has 21 heteroatoms. The second kappa shape index (κ2) is 23.8. The van der Waals surface area contributed by atoms with Crippen LogP contribution in [0.4, 0.5) is 4.39 Å². The second-order valence-corrected chi connectivity index (χ2v) is 22.0. The van der Waals surface area contributed by atoms with Gasteiger partial charge in [-0.25, -0.2) is 17.5 Å². The number of esters is 1. The number of methoxy groups -OCH3 is 1. The van der Waals surface area contributed by atoms with Crippen LogP contribution < -0.4 is 5.32 Å². The molecule has 4 heterocycles. The summed E-state index contributed by atoms with van der Waals surface area (Å²) in [4.78, 5) is 36.3. The summed E-state index contributed by atoms with van der Waals surface area (Å²) in [5.74, 6) is -5.08. The van der Waals surface area contributed by atoms with Crippen molar-refractivity contribution < 1.29 is 66.6 Å². The van der Waals surface area contributed by atoms with Crippen molar-refractivity contribution in [1.29, 1.82) is 0 Å². The highest BCUT2D eigenvalue weighted by atomic mass is 32.2. The third kappa shape index (κ3) is 13.3. The highest BCUT2D eigenvalue weighted by molar-refractivity contribution is 7.90. The van der Waals surface area contributed by atoms with Gasteiger partial charge < -0.3 is 54.4 Å². The Bertz CT molecular complexity index is 2140. The number of oxime groups is 1. The number of carbonyl (C=O) groups excluding carboxylic acids is 2. The van der Waals surface area contributed by atoms with Gasteiger partial charge in [-0.3, -0.25) is 9.59 Å². The van der Waals surface area contributed by atoms with E-state index in [1.807, 2.05) is 25.8 Å². The van der Waals surface area contributed by atoms with Crippen LogP contribution in [0, 0.1) is 23.7 Å². The number of alkyl halides is 1. The SMILES string of the molecule is CC[C@H]1OC(=O)[C@H](C)C(=O)[C@H](C)[C@@H](O[C@@H]2O[C@H](C)C[C@H](N(C)CCc3cn([C@H](CF)[C@H](O)c4ccc(S(C)(=O)=O)cc4)nn3)[C@H]2O)[C@](C)(OC)C[C@@H](C)/C(=N\O[C@@H]2CCCNC2)[C@H](C)[C@@H](O)[C@]1(C)O. The van der Waals surface area contributed by atoms with E-state index in [2.05, 4.69) is 20.8 Å². The van der Waals surface area contributed by atoms with Crippen molar-refractivity contribution in [3.63, 3.8) is 0 Å². The quantitative estimate of drug-likeness (QED) is 0.0976. The smallest absolute Gasteiger partial charge is 0.316 e. The highest BCUT2D eigenvalue weighted by Gasteiger charge is 2.52. The van der Waals surface area contributed by atoms with Crippen LogP contribution in [-0.4, -0.2) is 173 Å². The lowest BCUT2D eigenvalue weighted by Crippen LogP contribution is -2.60. The lowest BCUT2D eigenvalue weighted by atomic mass is 9.74. The Kier molecular flexibility index (Phi) is 19.5. The number of sulfone groups is 1. The first-order chi connectivity index (χ1) is 32.4. The first kappa shape index (κ1) is 56.4. The molecule has 69 heavy (non-hydrogen) atoms. The summed E-state index contributed by atoms with van der Waals surface area (Å²) in [6.45, 7) is 14.2. The van der Waals surface area contributed by atoms with Crippen molar-refractivity contribution in [2.45, 2.75) is 171 Å². The molecular weight excluding hydrogens is 920 g/mol. The fourth-order valence-electron chi connectivity index (χ4n) is 10.1. The number of ketones is 1. The van der Waals surface area contributed by atoms with E-state index in [4.69, 9.17) is 23.8 Å². The number of nitrogens with one attached hydrogen (secondary N) is 1. The molecule has 0 unspecified atom stereocenters. The minimum absolute atomic E-state index is 0.0691. The molecule has 5 N–H and O–H groups in total. The van der Waals surface area contributed by atoms with Crippen LogP contribution in [0.25, 0.3) is 0 Å². The van der Waals surface area contributed by atoms with E-state index < -0.39 is 118 Å². The molecular formula is C48H77FN6O13S. The molecule has 16 atom stereocenters. The average molecular weight is 997 g/mol. The molecule has 19 nitrogen and oxygen atoms in total. The number of Topliss-reactive ketones (excluding diaryl/α,β-unsaturated/α-hetero) is 1.